The van der Waals surface area contributed by atoms with Crippen LogP contribution in [0.4, 0.5) is 14.5 Å². The number of unbranched alkanes of at least 4 members (excludes halogenated alkanes) is 5. The number of anilines is 1. The molecule has 7 heteroatoms. The van der Waals surface area contributed by atoms with Gasteiger partial charge in [0.1, 0.15) is 11.6 Å². The minimum Gasteiger partial charge on any atom is -0.399 e. The van der Waals surface area contributed by atoms with Gasteiger partial charge in [0, 0.05) is 12.2 Å². The van der Waals surface area contributed by atoms with Crippen LogP contribution in [-0.4, -0.2) is 15.0 Å². The fraction of sp³-hybridized carbons (Fsp3) is 0.571. The maximum atomic E-state index is 13.6. The summed E-state index contributed by atoms with van der Waals surface area (Å²) >= 11 is 0. The molecular formula is C14H22F2N2O2S. The summed E-state index contributed by atoms with van der Waals surface area (Å²) in [5.74, 6) is -2.36. The quantitative estimate of drug-likeness (QED) is 0.542. The zero-order chi connectivity index (χ0) is 15.9. The third kappa shape index (κ3) is 5.59. The molecule has 4 nitrogen and oxygen atoms in total. The summed E-state index contributed by atoms with van der Waals surface area (Å²) < 4.78 is 53.2. The molecule has 0 heterocycles. The number of nitrogens with two attached hydrogens (primary N) is 1. The van der Waals surface area contributed by atoms with Crippen molar-refractivity contribution in [1.29, 1.82) is 0 Å². The van der Waals surface area contributed by atoms with Crippen LogP contribution in [0.3, 0.4) is 0 Å². The average molecular weight is 320 g/mol. The van der Waals surface area contributed by atoms with Crippen molar-refractivity contribution in [3.8, 4) is 0 Å². The first kappa shape index (κ1) is 17.8. The van der Waals surface area contributed by atoms with Crippen LogP contribution in [-0.2, 0) is 10.0 Å². The summed E-state index contributed by atoms with van der Waals surface area (Å²) in [4.78, 5) is -0.970. The van der Waals surface area contributed by atoms with Crippen molar-refractivity contribution in [2.75, 3.05) is 12.3 Å². The molecule has 0 saturated carbocycles. The fourth-order valence-electron chi connectivity index (χ4n) is 2.02. The van der Waals surface area contributed by atoms with Crippen LogP contribution in [0.1, 0.15) is 45.4 Å². The molecule has 0 aliphatic heterocycles. The zero-order valence-corrected chi connectivity index (χ0v) is 13.0. The number of sulfonamides is 1. The molecule has 0 aromatic heterocycles. The number of halogens is 2. The number of nitrogen functional groups attached to an aromatic ring is 1. The van der Waals surface area contributed by atoms with E-state index in [1.807, 2.05) is 0 Å². The van der Waals surface area contributed by atoms with E-state index in [9.17, 15) is 17.2 Å². The lowest BCUT2D eigenvalue weighted by molar-refractivity contribution is 0.513. The highest BCUT2D eigenvalue weighted by molar-refractivity contribution is 7.89. The van der Waals surface area contributed by atoms with Gasteiger partial charge in [-0.15, -0.1) is 0 Å². The Labute approximate surface area is 124 Å². The molecule has 0 atom stereocenters. The van der Waals surface area contributed by atoms with Gasteiger partial charge in [-0.3, -0.25) is 0 Å². The molecular weight excluding hydrogens is 298 g/mol. The van der Waals surface area contributed by atoms with Crippen LogP contribution in [0.15, 0.2) is 17.0 Å². The van der Waals surface area contributed by atoms with E-state index in [0.29, 0.717) is 6.42 Å². The number of benzene rings is 1. The maximum absolute atomic E-state index is 13.6. The predicted octanol–water partition coefficient (Wildman–Crippen LogP) is 3.19. The number of rotatable bonds is 9. The Morgan fingerprint density at radius 3 is 2.14 bits per heavy atom. The molecule has 0 aliphatic rings. The van der Waals surface area contributed by atoms with Crippen LogP contribution >= 0.6 is 0 Å². The van der Waals surface area contributed by atoms with Gasteiger partial charge in [0.2, 0.25) is 10.0 Å². The average Bonchev–Trinajstić information content (AvgIpc) is 2.35. The van der Waals surface area contributed by atoms with Gasteiger partial charge in [-0.1, -0.05) is 39.0 Å². The number of hydrogen-bond acceptors (Lipinski definition) is 3. The lowest BCUT2D eigenvalue weighted by Crippen LogP contribution is -2.26. The normalized spacial score (nSPS) is 11.8. The monoisotopic (exact) mass is 320 g/mol. The Morgan fingerprint density at radius 2 is 1.57 bits per heavy atom. The van der Waals surface area contributed by atoms with E-state index < -0.39 is 26.6 Å². The first-order valence-electron chi connectivity index (χ1n) is 7.12. The first-order valence-corrected chi connectivity index (χ1v) is 8.61. The molecule has 1 aromatic rings. The van der Waals surface area contributed by atoms with Gasteiger partial charge >= 0.3 is 0 Å². The highest BCUT2D eigenvalue weighted by atomic mass is 32.2. The molecule has 0 bridgehead atoms. The summed E-state index contributed by atoms with van der Waals surface area (Å²) in [6, 6.07) is 1.59. The Balaban J connectivity index is 2.55. The highest BCUT2D eigenvalue weighted by Crippen LogP contribution is 2.21. The van der Waals surface area contributed by atoms with E-state index in [1.54, 1.807) is 0 Å². The van der Waals surface area contributed by atoms with Gasteiger partial charge < -0.3 is 5.73 Å². The number of hydrogen-bond donors (Lipinski definition) is 2. The molecule has 1 aromatic carbocycles. The first-order chi connectivity index (χ1) is 9.88. The lowest BCUT2D eigenvalue weighted by atomic mass is 10.1. The largest absolute Gasteiger partial charge is 0.399 e. The summed E-state index contributed by atoms with van der Waals surface area (Å²) in [5.41, 5.74) is 5.10. The van der Waals surface area contributed by atoms with Gasteiger partial charge in [-0.2, -0.15) is 0 Å². The molecule has 0 radical (unpaired) electrons. The minimum atomic E-state index is -4.19. The second-order valence-electron chi connectivity index (χ2n) is 4.98. The van der Waals surface area contributed by atoms with E-state index in [1.165, 1.54) is 0 Å². The van der Waals surface area contributed by atoms with Gasteiger partial charge in [-0.25, -0.2) is 21.9 Å². The predicted molar refractivity (Wildman–Crippen MR) is 79.3 cm³/mol. The van der Waals surface area contributed by atoms with E-state index in [0.717, 1.165) is 44.2 Å². The molecule has 3 N–H and O–H groups in total. The summed E-state index contributed by atoms with van der Waals surface area (Å²) in [7, 11) is -4.19. The van der Waals surface area contributed by atoms with E-state index >= 15 is 0 Å². The van der Waals surface area contributed by atoms with Gasteiger partial charge in [0.05, 0.1) is 0 Å². The Bertz CT molecular complexity index is 539. The van der Waals surface area contributed by atoms with Crippen LogP contribution in [0.25, 0.3) is 0 Å². The van der Waals surface area contributed by atoms with Crippen molar-refractivity contribution in [1.82, 2.24) is 4.72 Å². The van der Waals surface area contributed by atoms with Crippen molar-refractivity contribution in [3.63, 3.8) is 0 Å². The van der Waals surface area contributed by atoms with Crippen LogP contribution in [0, 0.1) is 11.6 Å². The molecule has 21 heavy (non-hydrogen) atoms. The van der Waals surface area contributed by atoms with Crippen LogP contribution in [0.5, 0.6) is 0 Å². The molecule has 1 rings (SSSR count). The van der Waals surface area contributed by atoms with Crippen molar-refractivity contribution < 1.29 is 17.2 Å². The maximum Gasteiger partial charge on any atom is 0.246 e. The highest BCUT2D eigenvalue weighted by Gasteiger charge is 2.24. The molecule has 0 unspecified atom stereocenters. The molecule has 0 aliphatic carbocycles. The smallest absolute Gasteiger partial charge is 0.246 e. The van der Waals surface area contributed by atoms with Gasteiger partial charge in [-0.05, 0) is 18.6 Å². The Kier molecular flexibility index (Phi) is 7.04. The molecule has 0 amide bonds. The van der Waals surface area contributed by atoms with E-state index in [4.69, 9.17) is 5.73 Å². The van der Waals surface area contributed by atoms with Crippen molar-refractivity contribution in [2.45, 2.75) is 50.3 Å². The van der Waals surface area contributed by atoms with Crippen molar-refractivity contribution >= 4 is 15.7 Å². The SMILES string of the molecule is CCCCCCCCNS(=O)(=O)c1c(F)cc(N)cc1F. The third-order valence-corrected chi connectivity index (χ3v) is 4.62. The molecule has 0 spiro atoms. The standard InChI is InChI=1S/C14H22F2N2O2S/c1-2-3-4-5-6-7-8-18-21(19,20)14-12(15)9-11(17)10-13(14)16/h9-10,18H,2-8,17H2,1H3. The van der Waals surface area contributed by atoms with E-state index in [-0.39, 0.29) is 12.2 Å². The lowest BCUT2D eigenvalue weighted by Gasteiger charge is -2.09. The Hall–Kier alpha value is -1.21. The van der Waals surface area contributed by atoms with Gasteiger partial charge in [0.25, 0.3) is 0 Å². The second kappa shape index (κ2) is 8.29. The molecule has 120 valence electrons. The number of nitrogens with one attached hydrogen (secondary N) is 1. The zero-order valence-electron chi connectivity index (χ0n) is 12.2. The molecule has 0 saturated heterocycles. The van der Waals surface area contributed by atoms with Crippen LogP contribution in [0.2, 0.25) is 0 Å². The van der Waals surface area contributed by atoms with Gasteiger partial charge in [0.15, 0.2) is 4.90 Å². The topological polar surface area (TPSA) is 72.2 Å². The fourth-order valence-corrected chi connectivity index (χ4v) is 3.21. The summed E-state index contributed by atoms with van der Waals surface area (Å²) in [6.45, 7) is 2.28. The Morgan fingerprint density at radius 1 is 1.05 bits per heavy atom. The summed E-state index contributed by atoms with van der Waals surface area (Å²) in [6.07, 6.45) is 5.97. The molecule has 0 fully saturated rings. The van der Waals surface area contributed by atoms with Crippen molar-refractivity contribution in [2.24, 2.45) is 0 Å². The van der Waals surface area contributed by atoms with Crippen molar-refractivity contribution in [3.05, 3.63) is 23.8 Å². The van der Waals surface area contributed by atoms with Crippen LogP contribution < -0.4 is 10.5 Å². The summed E-state index contributed by atoms with van der Waals surface area (Å²) in [5, 5.41) is 0. The second-order valence-corrected chi connectivity index (χ2v) is 6.68. The third-order valence-electron chi connectivity index (χ3n) is 3.11. The minimum absolute atomic E-state index is 0.153. The van der Waals surface area contributed by atoms with E-state index in [2.05, 4.69) is 11.6 Å².